The summed E-state index contributed by atoms with van der Waals surface area (Å²) >= 11 is 0. The normalized spacial score (nSPS) is 19.6. The summed E-state index contributed by atoms with van der Waals surface area (Å²) in [7, 11) is -3.34. The van der Waals surface area contributed by atoms with Crippen LogP contribution in [0.3, 0.4) is 0 Å². The molecule has 5 heteroatoms. The van der Waals surface area contributed by atoms with Crippen LogP contribution < -0.4 is 9.03 Å². The molecule has 1 aromatic carbocycles. The van der Waals surface area contributed by atoms with Crippen LogP contribution in [0.5, 0.6) is 0 Å². The molecule has 1 saturated heterocycles. The van der Waals surface area contributed by atoms with Gasteiger partial charge in [-0.05, 0) is 17.0 Å². The summed E-state index contributed by atoms with van der Waals surface area (Å²) < 4.78 is 27.7. The number of nitrogens with one attached hydrogen (secondary N) is 1. The van der Waals surface area contributed by atoms with Crippen molar-refractivity contribution in [1.82, 2.24) is 4.72 Å². The maximum Gasteiger partial charge on any atom is 0.301 e. The van der Waals surface area contributed by atoms with Crippen molar-refractivity contribution >= 4 is 15.9 Å². The molecule has 0 bridgehead atoms. The molecule has 0 aromatic heterocycles. The molecule has 0 amide bonds. The van der Waals surface area contributed by atoms with Crippen LogP contribution in [-0.2, 0) is 15.6 Å². The monoisotopic (exact) mass is 254 g/mol. The molecular weight excluding hydrogens is 236 g/mol. The van der Waals surface area contributed by atoms with Crippen molar-refractivity contribution in [2.24, 2.45) is 0 Å². The highest BCUT2D eigenvalue weighted by molar-refractivity contribution is 7.91. The zero-order valence-electron chi connectivity index (χ0n) is 10.4. The average Bonchev–Trinajstić information content (AvgIpc) is 2.57. The minimum Gasteiger partial charge on any atom is -0.256 e. The molecule has 0 aliphatic carbocycles. The van der Waals surface area contributed by atoms with Crippen LogP contribution in [0.15, 0.2) is 24.3 Å². The highest BCUT2D eigenvalue weighted by atomic mass is 32.2. The van der Waals surface area contributed by atoms with Gasteiger partial charge >= 0.3 is 10.2 Å². The lowest BCUT2D eigenvalue weighted by Gasteiger charge is -2.27. The Labute approximate surface area is 103 Å². The van der Waals surface area contributed by atoms with Gasteiger partial charge in [0.15, 0.2) is 0 Å². The zero-order valence-corrected chi connectivity index (χ0v) is 11.2. The smallest absolute Gasteiger partial charge is 0.256 e. The molecule has 1 aromatic rings. The predicted molar refractivity (Wildman–Crippen MR) is 69.4 cm³/mol. The summed E-state index contributed by atoms with van der Waals surface area (Å²) in [5.74, 6) is 0. The van der Waals surface area contributed by atoms with Crippen molar-refractivity contribution in [2.45, 2.75) is 26.2 Å². The Morgan fingerprint density at radius 1 is 1.24 bits per heavy atom. The van der Waals surface area contributed by atoms with Gasteiger partial charge in [0, 0.05) is 13.1 Å². The Hall–Kier alpha value is -1.07. The second-order valence-corrected chi connectivity index (χ2v) is 6.92. The van der Waals surface area contributed by atoms with E-state index in [2.05, 4.69) is 25.5 Å². The van der Waals surface area contributed by atoms with E-state index in [1.165, 1.54) is 4.31 Å². The SMILES string of the molecule is CC(C)(C)c1ccccc1N1CCNS1(=O)=O. The molecule has 2 rings (SSSR count). The van der Waals surface area contributed by atoms with Crippen LogP contribution >= 0.6 is 0 Å². The highest BCUT2D eigenvalue weighted by Gasteiger charge is 2.31. The third kappa shape index (κ3) is 2.30. The molecular formula is C12H18N2O2S. The van der Waals surface area contributed by atoms with Crippen LogP contribution in [0.2, 0.25) is 0 Å². The summed E-state index contributed by atoms with van der Waals surface area (Å²) in [6.45, 7) is 7.22. The van der Waals surface area contributed by atoms with Gasteiger partial charge in [0.2, 0.25) is 0 Å². The largest absolute Gasteiger partial charge is 0.301 e. The molecule has 1 aliphatic heterocycles. The maximum absolute atomic E-state index is 11.9. The van der Waals surface area contributed by atoms with Crippen LogP contribution in [0.25, 0.3) is 0 Å². The molecule has 0 saturated carbocycles. The van der Waals surface area contributed by atoms with Crippen LogP contribution in [-0.4, -0.2) is 21.5 Å². The van der Waals surface area contributed by atoms with Crippen LogP contribution in [0.1, 0.15) is 26.3 Å². The summed E-state index contributed by atoms with van der Waals surface area (Å²) in [6.07, 6.45) is 0. The Morgan fingerprint density at radius 2 is 1.88 bits per heavy atom. The van der Waals surface area contributed by atoms with Gasteiger partial charge < -0.3 is 0 Å². The van der Waals surface area contributed by atoms with E-state index >= 15 is 0 Å². The molecule has 94 valence electrons. The van der Waals surface area contributed by atoms with Gasteiger partial charge in [-0.3, -0.25) is 4.31 Å². The van der Waals surface area contributed by atoms with Crippen molar-refractivity contribution in [3.05, 3.63) is 29.8 Å². The van der Waals surface area contributed by atoms with Gasteiger partial charge in [-0.1, -0.05) is 39.0 Å². The van der Waals surface area contributed by atoms with Crippen molar-refractivity contribution in [3.8, 4) is 0 Å². The Kier molecular flexibility index (Phi) is 2.91. The first-order valence-corrected chi connectivity index (χ1v) is 7.13. The Bertz CT molecular complexity index is 518. The number of rotatable bonds is 1. The lowest BCUT2D eigenvalue weighted by Crippen LogP contribution is -2.31. The molecule has 1 N–H and O–H groups in total. The first-order chi connectivity index (χ1) is 7.82. The second-order valence-electron chi connectivity index (χ2n) is 5.24. The van der Waals surface area contributed by atoms with Crippen LogP contribution in [0, 0.1) is 0 Å². The Balaban J connectivity index is 2.53. The fourth-order valence-corrected chi connectivity index (χ4v) is 3.30. The lowest BCUT2D eigenvalue weighted by atomic mass is 9.86. The molecule has 0 unspecified atom stereocenters. The predicted octanol–water partition coefficient (Wildman–Crippen LogP) is 1.64. The van der Waals surface area contributed by atoms with Crippen molar-refractivity contribution in [3.63, 3.8) is 0 Å². The number of anilines is 1. The van der Waals surface area contributed by atoms with Gasteiger partial charge in [0.05, 0.1) is 5.69 Å². The number of nitrogens with zero attached hydrogens (tertiary/aromatic N) is 1. The van der Waals surface area contributed by atoms with Crippen molar-refractivity contribution < 1.29 is 8.42 Å². The number of benzene rings is 1. The molecule has 1 aliphatic rings. The van der Waals surface area contributed by atoms with E-state index in [9.17, 15) is 8.42 Å². The standard InChI is InChI=1S/C12H18N2O2S/c1-12(2,3)10-6-4-5-7-11(10)14-9-8-13-17(14,15)16/h4-7,13H,8-9H2,1-3H3. The summed E-state index contributed by atoms with van der Waals surface area (Å²) in [5.41, 5.74) is 1.76. The van der Waals surface area contributed by atoms with Crippen molar-refractivity contribution in [1.29, 1.82) is 0 Å². The van der Waals surface area contributed by atoms with Gasteiger partial charge in [0.25, 0.3) is 0 Å². The topological polar surface area (TPSA) is 49.4 Å². The van der Waals surface area contributed by atoms with Gasteiger partial charge in [-0.15, -0.1) is 0 Å². The summed E-state index contributed by atoms with van der Waals surface area (Å²) in [6, 6.07) is 7.67. The van der Waals surface area contributed by atoms with Crippen LogP contribution in [0.4, 0.5) is 5.69 Å². The van der Waals surface area contributed by atoms with E-state index in [0.29, 0.717) is 13.1 Å². The van der Waals surface area contributed by atoms with Gasteiger partial charge in [-0.2, -0.15) is 13.1 Å². The highest BCUT2D eigenvalue weighted by Crippen LogP contribution is 2.33. The lowest BCUT2D eigenvalue weighted by molar-refractivity contribution is 0.584. The molecule has 4 nitrogen and oxygen atoms in total. The summed E-state index contributed by atoms with van der Waals surface area (Å²) in [4.78, 5) is 0. The molecule has 0 atom stereocenters. The molecule has 1 heterocycles. The molecule has 0 spiro atoms. The molecule has 1 fully saturated rings. The van der Waals surface area contributed by atoms with E-state index in [4.69, 9.17) is 0 Å². The second kappa shape index (κ2) is 3.99. The van der Waals surface area contributed by atoms with E-state index in [-0.39, 0.29) is 5.41 Å². The van der Waals surface area contributed by atoms with Gasteiger partial charge in [0.1, 0.15) is 0 Å². The van der Waals surface area contributed by atoms with E-state index in [1.807, 2.05) is 24.3 Å². The minimum atomic E-state index is -3.34. The maximum atomic E-state index is 11.9. The van der Waals surface area contributed by atoms with Crippen molar-refractivity contribution in [2.75, 3.05) is 17.4 Å². The van der Waals surface area contributed by atoms with E-state index in [1.54, 1.807) is 0 Å². The number of hydrogen-bond acceptors (Lipinski definition) is 2. The zero-order chi connectivity index (χ0) is 12.7. The quantitative estimate of drug-likeness (QED) is 0.828. The third-order valence-corrected chi connectivity index (χ3v) is 4.40. The van der Waals surface area contributed by atoms with E-state index in [0.717, 1.165) is 11.3 Å². The fourth-order valence-electron chi connectivity index (χ4n) is 2.05. The Morgan fingerprint density at radius 3 is 2.41 bits per heavy atom. The number of hydrogen-bond donors (Lipinski definition) is 1. The third-order valence-electron chi connectivity index (χ3n) is 2.87. The molecule has 0 radical (unpaired) electrons. The molecule has 17 heavy (non-hydrogen) atoms. The minimum absolute atomic E-state index is 0.0747. The fraction of sp³-hybridized carbons (Fsp3) is 0.500. The number of para-hydroxylation sites is 1. The summed E-state index contributed by atoms with van der Waals surface area (Å²) in [5, 5.41) is 0. The average molecular weight is 254 g/mol. The first-order valence-electron chi connectivity index (χ1n) is 5.69. The van der Waals surface area contributed by atoms with Gasteiger partial charge in [-0.25, -0.2) is 0 Å². The van der Waals surface area contributed by atoms with E-state index < -0.39 is 10.2 Å². The first kappa shape index (κ1) is 12.4.